The third-order valence-electron chi connectivity index (χ3n) is 4.55. The molecular formula is C15H21ClN4O. The molecule has 0 saturated heterocycles. The van der Waals surface area contributed by atoms with Crippen LogP contribution in [0.3, 0.4) is 0 Å². The van der Waals surface area contributed by atoms with Gasteiger partial charge in [0.1, 0.15) is 12.2 Å². The standard InChI is InChI=1S/C15H21ClN4O/c1-3-10-6-4-5-7-11(10)20-12(8-16)19-13-14(20)17-9-18-15(13)21-2/h9-11H,3-8H2,1-2H3. The number of nitrogens with zero attached hydrogens (tertiary/aromatic N) is 4. The Kier molecular flexibility index (Phi) is 4.29. The lowest BCUT2D eigenvalue weighted by atomic mass is 9.82. The van der Waals surface area contributed by atoms with Crippen molar-refractivity contribution in [2.45, 2.75) is 50.9 Å². The average Bonchev–Trinajstić information content (AvgIpc) is 2.93. The summed E-state index contributed by atoms with van der Waals surface area (Å²) in [5.74, 6) is 2.44. The van der Waals surface area contributed by atoms with Crippen molar-refractivity contribution in [1.29, 1.82) is 0 Å². The van der Waals surface area contributed by atoms with E-state index in [2.05, 4.69) is 26.4 Å². The second kappa shape index (κ2) is 6.18. The summed E-state index contributed by atoms with van der Waals surface area (Å²) in [6.07, 6.45) is 7.72. The number of rotatable bonds is 4. The van der Waals surface area contributed by atoms with Crippen molar-refractivity contribution < 1.29 is 4.74 Å². The Morgan fingerprint density at radius 2 is 2.14 bits per heavy atom. The second-order valence-electron chi connectivity index (χ2n) is 5.61. The van der Waals surface area contributed by atoms with E-state index in [4.69, 9.17) is 16.3 Å². The molecule has 6 heteroatoms. The van der Waals surface area contributed by atoms with Gasteiger partial charge in [-0.25, -0.2) is 9.97 Å². The molecule has 3 rings (SSSR count). The van der Waals surface area contributed by atoms with E-state index >= 15 is 0 Å². The lowest BCUT2D eigenvalue weighted by Crippen LogP contribution is -2.24. The highest BCUT2D eigenvalue weighted by molar-refractivity contribution is 6.16. The minimum absolute atomic E-state index is 0.381. The molecule has 1 aliphatic carbocycles. The minimum Gasteiger partial charge on any atom is -0.479 e. The second-order valence-corrected chi connectivity index (χ2v) is 5.87. The molecule has 0 aliphatic heterocycles. The normalized spacial score (nSPS) is 22.6. The van der Waals surface area contributed by atoms with Crippen LogP contribution in [0.1, 0.15) is 50.9 Å². The summed E-state index contributed by atoms with van der Waals surface area (Å²) < 4.78 is 7.55. The highest BCUT2D eigenvalue weighted by Crippen LogP contribution is 2.39. The van der Waals surface area contributed by atoms with Crippen LogP contribution in [0.4, 0.5) is 0 Å². The molecule has 1 saturated carbocycles. The van der Waals surface area contributed by atoms with Gasteiger partial charge in [0, 0.05) is 6.04 Å². The summed E-state index contributed by atoms with van der Waals surface area (Å²) in [5.41, 5.74) is 1.57. The van der Waals surface area contributed by atoms with Crippen molar-refractivity contribution in [1.82, 2.24) is 19.5 Å². The first-order valence-corrected chi connectivity index (χ1v) is 8.15. The number of ether oxygens (including phenoxy) is 1. The van der Waals surface area contributed by atoms with Gasteiger partial charge in [-0.1, -0.05) is 26.2 Å². The van der Waals surface area contributed by atoms with E-state index in [-0.39, 0.29) is 0 Å². The van der Waals surface area contributed by atoms with Gasteiger partial charge in [-0.3, -0.25) is 0 Å². The number of aromatic nitrogens is 4. The van der Waals surface area contributed by atoms with E-state index in [1.807, 2.05) is 0 Å². The van der Waals surface area contributed by atoms with Crippen LogP contribution in [0.25, 0.3) is 11.2 Å². The van der Waals surface area contributed by atoms with E-state index in [1.165, 1.54) is 32.1 Å². The highest BCUT2D eigenvalue weighted by atomic mass is 35.5. The fraction of sp³-hybridized carbons (Fsp3) is 0.667. The highest BCUT2D eigenvalue weighted by Gasteiger charge is 2.29. The molecule has 2 aromatic heterocycles. The quantitative estimate of drug-likeness (QED) is 0.808. The Bertz CT molecular complexity index is 627. The van der Waals surface area contributed by atoms with Crippen molar-refractivity contribution in [3.8, 4) is 5.88 Å². The number of halogens is 1. The lowest BCUT2D eigenvalue weighted by molar-refractivity contribution is 0.233. The van der Waals surface area contributed by atoms with Crippen molar-refractivity contribution in [3.63, 3.8) is 0 Å². The van der Waals surface area contributed by atoms with Crippen molar-refractivity contribution >= 4 is 22.8 Å². The summed E-state index contributed by atoms with van der Waals surface area (Å²) in [7, 11) is 1.61. The maximum Gasteiger partial charge on any atom is 0.245 e. The molecule has 2 atom stereocenters. The maximum atomic E-state index is 6.14. The van der Waals surface area contributed by atoms with E-state index in [9.17, 15) is 0 Å². The van der Waals surface area contributed by atoms with E-state index in [0.29, 0.717) is 23.7 Å². The summed E-state index contributed by atoms with van der Waals surface area (Å²) >= 11 is 6.14. The summed E-state index contributed by atoms with van der Waals surface area (Å²) in [6.45, 7) is 2.26. The largest absolute Gasteiger partial charge is 0.479 e. The molecule has 0 bridgehead atoms. The molecule has 0 N–H and O–H groups in total. The molecular weight excluding hydrogens is 288 g/mol. The SMILES string of the molecule is CCC1CCCCC1n1c(CCl)nc2c(OC)ncnc21. The molecule has 2 unspecified atom stereocenters. The van der Waals surface area contributed by atoms with Gasteiger partial charge < -0.3 is 9.30 Å². The zero-order valence-corrected chi connectivity index (χ0v) is 13.3. The fourth-order valence-corrected chi connectivity index (χ4v) is 3.72. The Labute approximate surface area is 129 Å². The maximum absolute atomic E-state index is 6.14. The van der Waals surface area contributed by atoms with Crippen LogP contribution < -0.4 is 4.74 Å². The zero-order valence-electron chi connectivity index (χ0n) is 12.5. The first-order chi connectivity index (χ1) is 10.3. The van der Waals surface area contributed by atoms with Gasteiger partial charge in [0.15, 0.2) is 11.2 Å². The van der Waals surface area contributed by atoms with Crippen LogP contribution in [-0.2, 0) is 5.88 Å². The molecule has 0 radical (unpaired) electrons. The van der Waals surface area contributed by atoms with Crippen molar-refractivity contribution in [3.05, 3.63) is 12.2 Å². The molecule has 2 aromatic rings. The van der Waals surface area contributed by atoms with Gasteiger partial charge in [0.05, 0.1) is 13.0 Å². The predicted molar refractivity (Wildman–Crippen MR) is 82.7 cm³/mol. The Balaban J connectivity index is 2.15. The number of hydrogen-bond acceptors (Lipinski definition) is 4. The van der Waals surface area contributed by atoms with Gasteiger partial charge in [0.2, 0.25) is 5.88 Å². The third kappa shape index (κ3) is 2.48. The van der Waals surface area contributed by atoms with Crippen LogP contribution in [0, 0.1) is 5.92 Å². The molecule has 5 nitrogen and oxygen atoms in total. The number of hydrogen-bond donors (Lipinski definition) is 0. The zero-order chi connectivity index (χ0) is 14.8. The van der Waals surface area contributed by atoms with Crippen LogP contribution in [0.2, 0.25) is 0 Å². The number of fused-ring (bicyclic) bond motifs is 1. The van der Waals surface area contributed by atoms with Crippen LogP contribution in [0.15, 0.2) is 6.33 Å². The van der Waals surface area contributed by atoms with Gasteiger partial charge >= 0.3 is 0 Å². The molecule has 1 aliphatic rings. The Morgan fingerprint density at radius 1 is 1.33 bits per heavy atom. The van der Waals surface area contributed by atoms with Crippen LogP contribution >= 0.6 is 11.6 Å². The number of imidazole rings is 1. The van der Waals surface area contributed by atoms with Gasteiger partial charge in [-0.05, 0) is 18.8 Å². The molecule has 2 heterocycles. The topological polar surface area (TPSA) is 52.8 Å². The summed E-state index contributed by atoms with van der Waals surface area (Å²) in [5, 5.41) is 0. The summed E-state index contributed by atoms with van der Waals surface area (Å²) in [6, 6.07) is 0.433. The number of alkyl halides is 1. The Morgan fingerprint density at radius 3 is 2.86 bits per heavy atom. The monoisotopic (exact) mass is 308 g/mol. The lowest BCUT2D eigenvalue weighted by Gasteiger charge is -2.32. The fourth-order valence-electron chi connectivity index (χ4n) is 3.53. The van der Waals surface area contributed by atoms with E-state index in [1.54, 1.807) is 13.4 Å². The van der Waals surface area contributed by atoms with E-state index in [0.717, 1.165) is 17.0 Å². The molecule has 21 heavy (non-hydrogen) atoms. The van der Waals surface area contributed by atoms with Crippen molar-refractivity contribution in [2.24, 2.45) is 5.92 Å². The first kappa shape index (κ1) is 14.6. The van der Waals surface area contributed by atoms with Gasteiger partial charge in [0.25, 0.3) is 0 Å². The Hall–Kier alpha value is -1.36. The number of methoxy groups -OCH3 is 1. The summed E-state index contributed by atoms with van der Waals surface area (Å²) in [4.78, 5) is 13.2. The molecule has 114 valence electrons. The molecule has 0 aromatic carbocycles. The third-order valence-corrected chi connectivity index (χ3v) is 4.79. The predicted octanol–water partition coefficient (Wildman–Crippen LogP) is 3.72. The van der Waals surface area contributed by atoms with Crippen LogP contribution in [-0.4, -0.2) is 26.6 Å². The van der Waals surface area contributed by atoms with Gasteiger partial charge in [-0.15, -0.1) is 11.6 Å². The van der Waals surface area contributed by atoms with Crippen LogP contribution in [0.5, 0.6) is 5.88 Å². The minimum atomic E-state index is 0.381. The molecule has 0 amide bonds. The van der Waals surface area contributed by atoms with Gasteiger partial charge in [-0.2, -0.15) is 4.98 Å². The first-order valence-electron chi connectivity index (χ1n) is 7.61. The molecule has 0 spiro atoms. The average molecular weight is 309 g/mol. The van der Waals surface area contributed by atoms with E-state index < -0.39 is 0 Å². The smallest absolute Gasteiger partial charge is 0.245 e. The molecule has 1 fully saturated rings. The van der Waals surface area contributed by atoms with Crippen molar-refractivity contribution in [2.75, 3.05) is 7.11 Å².